The highest BCUT2D eigenvalue weighted by Crippen LogP contribution is 2.27. The van der Waals surface area contributed by atoms with Crippen molar-refractivity contribution in [2.75, 3.05) is 0 Å². The maximum absolute atomic E-state index is 10.1. The number of phenols is 1. The minimum atomic E-state index is 0.218. The molecule has 21 heavy (non-hydrogen) atoms. The molecule has 0 unspecified atom stereocenters. The van der Waals surface area contributed by atoms with Gasteiger partial charge in [0.1, 0.15) is 5.75 Å². The van der Waals surface area contributed by atoms with Crippen LogP contribution in [0.5, 0.6) is 5.75 Å². The molecule has 0 aliphatic carbocycles. The van der Waals surface area contributed by atoms with E-state index in [0.717, 1.165) is 22.0 Å². The lowest BCUT2D eigenvalue weighted by atomic mass is 10.0. The van der Waals surface area contributed by atoms with Crippen molar-refractivity contribution in [2.45, 2.75) is 6.92 Å². The second-order valence-electron chi connectivity index (χ2n) is 4.91. The maximum atomic E-state index is 10.1. The third-order valence-corrected chi connectivity index (χ3v) is 3.85. The van der Waals surface area contributed by atoms with Crippen molar-refractivity contribution in [3.8, 4) is 5.75 Å². The first-order chi connectivity index (χ1) is 10.1. The molecule has 0 heterocycles. The lowest BCUT2D eigenvalue weighted by Crippen LogP contribution is -1.86. The molecule has 0 aromatic heterocycles. The zero-order valence-corrected chi connectivity index (χ0v) is 12.3. The molecule has 3 aromatic carbocycles. The second-order valence-corrected chi connectivity index (χ2v) is 5.32. The summed E-state index contributed by atoms with van der Waals surface area (Å²) in [4.78, 5) is 4.42. The summed E-state index contributed by atoms with van der Waals surface area (Å²) < 4.78 is 0. The molecule has 1 N–H and O–H groups in total. The molecule has 0 saturated carbocycles. The zero-order chi connectivity index (χ0) is 14.8. The Morgan fingerprint density at radius 1 is 1.05 bits per heavy atom. The van der Waals surface area contributed by atoms with Gasteiger partial charge in [0.05, 0.1) is 5.69 Å². The summed E-state index contributed by atoms with van der Waals surface area (Å²) in [5.41, 5.74) is 2.49. The molecule has 104 valence electrons. The molecular weight excluding hydrogens is 282 g/mol. The molecule has 0 spiro atoms. The number of fused-ring (bicyclic) bond motifs is 1. The Bertz CT molecular complexity index is 840. The van der Waals surface area contributed by atoms with Crippen LogP contribution in [0, 0.1) is 6.92 Å². The molecule has 0 aliphatic rings. The number of rotatable bonds is 2. The Kier molecular flexibility index (Phi) is 3.63. The molecule has 3 rings (SSSR count). The van der Waals surface area contributed by atoms with Crippen LogP contribution in [0.1, 0.15) is 11.1 Å². The van der Waals surface area contributed by atoms with Crippen molar-refractivity contribution in [3.05, 3.63) is 70.7 Å². The standard InChI is InChI=1S/C18H14ClNO/c1-12-6-8-14(10-17(12)19)20-11-16-15-5-3-2-4-13(15)7-9-18(16)21/h2-11,21H,1H3. The van der Waals surface area contributed by atoms with Crippen molar-refractivity contribution in [3.63, 3.8) is 0 Å². The van der Waals surface area contributed by atoms with Crippen LogP contribution < -0.4 is 0 Å². The summed E-state index contributed by atoms with van der Waals surface area (Å²) in [5, 5.41) is 12.8. The van der Waals surface area contributed by atoms with Crippen LogP contribution >= 0.6 is 11.6 Å². The van der Waals surface area contributed by atoms with Gasteiger partial charge in [-0.3, -0.25) is 4.99 Å². The summed E-state index contributed by atoms with van der Waals surface area (Å²) in [5.74, 6) is 0.218. The number of hydrogen-bond donors (Lipinski definition) is 1. The fourth-order valence-corrected chi connectivity index (χ4v) is 2.40. The van der Waals surface area contributed by atoms with E-state index < -0.39 is 0 Å². The quantitative estimate of drug-likeness (QED) is 0.643. The number of benzene rings is 3. The van der Waals surface area contributed by atoms with E-state index in [2.05, 4.69) is 4.99 Å². The summed E-state index contributed by atoms with van der Waals surface area (Å²) in [7, 11) is 0. The Morgan fingerprint density at radius 3 is 2.67 bits per heavy atom. The molecule has 0 saturated heterocycles. The molecule has 2 nitrogen and oxygen atoms in total. The zero-order valence-electron chi connectivity index (χ0n) is 11.5. The van der Waals surface area contributed by atoms with Gasteiger partial charge in [-0.2, -0.15) is 0 Å². The monoisotopic (exact) mass is 295 g/mol. The highest BCUT2D eigenvalue weighted by atomic mass is 35.5. The minimum Gasteiger partial charge on any atom is -0.507 e. The lowest BCUT2D eigenvalue weighted by Gasteiger charge is -2.05. The Hall–Kier alpha value is -2.32. The van der Waals surface area contributed by atoms with Gasteiger partial charge < -0.3 is 5.11 Å². The third-order valence-electron chi connectivity index (χ3n) is 3.45. The van der Waals surface area contributed by atoms with Crippen molar-refractivity contribution in [1.29, 1.82) is 0 Å². The van der Waals surface area contributed by atoms with Crippen molar-refractivity contribution in [2.24, 2.45) is 4.99 Å². The Morgan fingerprint density at radius 2 is 1.86 bits per heavy atom. The van der Waals surface area contributed by atoms with Gasteiger partial charge in [0.15, 0.2) is 0 Å². The first kappa shape index (κ1) is 13.7. The van der Waals surface area contributed by atoms with E-state index in [1.165, 1.54) is 0 Å². The molecule has 0 amide bonds. The lowest BCUT2D eigenvalue weighted by molar-refractivity contribution is 0.475. The van der Waals surface area contributed by atoms with Crippen LogP contribution in [-0.4, -0.2) is 11.3 Å². The smallest absolute Gasteiger partial charge is 0.124 e. The predicted octanol–water partition coefficient (Wildman–Crippen LogP) is 5.26. The normalized spacial score (nSPS) is 11.3. The van der Waals surface area contributed by atoms with Gasteiger partial charge in [-0.05, 0) is 41.5 Å². The van der Waals surface area contributed by atoms with E-state index in [4.69, 9.17) is 11.6 Å². The number of nitrogens with zero attached hydrogens (tertiary/aromatic N) is 1. The van der Waals surface area contributed by atoms with E-state index in [9.17, 15) is 5.11 Å². The van der Waals surface area contributed by atoms with Gasteiger partial charge in [-0.15, -0.1) is 0 Å². The predicted molar refractivity (Wildman–Crippen MR) is 89.1 cm³/mol. The molecule has 0 aliphatic heterocycles. The molecule has 0 atom stereocenters. The van der Waals surface area contributed by atoms with Crippen LogP contribution in [0.2, 0.25) is 5.02 Å². The Balaban J connectivity index is 2.06. The minimum absolute atomic E-state index is 0.218. The highest BCUT2D eigenvalue weighted by molar-refractivity contribution is 6.31. The largest absolute Gasteiger partial charge is 0.507 e. The van der Waals surface area contributed by atoms with E-state index in [-0.39, 0.29) is 5.75 Å². The van der Waals surface area contributed by atoms with Crippen LogP contribution in [0.3, 0.4) is 0 Å². The van der Waals surface area contributed by atoms with Crippen molar-refractivity contribution < 1.29 is 5.11 Å². The van der Waals surface area contributed by atoms with E-state index in [0.29, 0.717) is 10.6 Å². The fraction of sp³-hybridized carbons (Fsp3) is 0.0556. The van der Waals surface area contributed by atoms with Gasteiger partial charge in [0.25, 0.3) is 0 Å². The number of hydrogen-bond acceptors (Lipinski definition) is 2. The molecule has 3 aromatic rings. The molecular formula is C18H14ClNO. The number of aryl methyl sites for hydroxylation is 1. The fourth-order valence-electron chi connectivity index (χ4n) is 2.22. The topological polar surface area (TPSA) is 32.6 Å². The molecule has 0 radical (unpaired) electrons. The first-order valence-corrected chi connectivity index (χ1v) is 7.04. The molecule has 0 fully saturated rings. The summed E-state index contributed by atoms with van der Waals surface area (Å²) in [6.07, 6.45) is 1.68. The summed E-state index contributed by atoms with van der Waals surface area (Å²) in [6, 6.07) is 17.1. The molecule has 0 bridgehead atoms. The average Bonchev–Trinajstić information content (AvgIpc) is 2.50. The number of aromatic hydroxyl groups is 1. The number of halogens is 1. The summed E-state index contributed by atoms with van der Waals surface area (Å²) in [6.45, 7) is 1.95. The number of aliphatic imine (C=N–C) groups is 1. The Labute approximate surface area is 128 Å². The van der Waals surface area contributed by atoms with Crippen LogP contribution in [0.15, 0.2) is 59.6 Å². The average molecular weight is 296 g/mol. The number of phenolic OH excluding ortho intramolecular Hbond substituents is 1. The van der Waals surface area contributed by atoms with Gasteiger partial charge in [-0.25, -0.2) is 0 Å². The van der Waals surface area contributed by atoms with Gasteiger partial charge in [0.2, 0.25) is 0 Å². The van der Waals surface area contributed by atoms with Gasteiger partial charge in [0, 0.05) is 16.8 Å². The van der Waals surface area contributed by atoms with E-state index in [1.807, 2.05) is 55.5 Å². The van der Waals surface area contributed by atoms with Gasteiger partial charge in [-0.1, -0.05) is 48.0 Å². The van der Waals surface area contributed by atoms with Crippen molar-refractivity contribution in [1.82, 2.24) is 0 Å². The maximum Gasteiger partial charge on any atom is 0.124 e. The third kappa shape index (κ3) is 2.76. The SMILES string of the molecule is Cc1ccc(N=Cc2c(O)ccc3ccccc23)cc1Cl. The highest BCUT2D eigenvalue weighted by Gasteiger charge is 2.04. The second kappa shape index (κ2) is 5.58. The van der Waals surface area contributed by atoms with Crippen LogP contribution in [0.25, 0.3) is 10.8 Å². The van der Waals surface area contributed by atoms with Crippen LogP contribution in [-0.2, 0) is 0 Å². The van der Waals surface area contributed by atoms with Crippen molar-refractivity contribution >= 4 is 34.3 Å². The summed E-state index contributed by atoms with van der Waals surface area (Å²) >= 11 is 6.10. The van der Waals surface area contributed by atoms with E-state index in [1.54, 1.807) is 12.3 Å². The molecule has 3 heteroatoms. The van der Waals surface area contributed by atoms with Crippen LogP contribution in [0.4, 0.5) is 5.69 Å². The van der Waals surface area contributed by atoms with E-state index >= 15 is 0 Å². The van der Waals surface area contributed by atoms with Gasteiger partial charge >= 0.3 is 0 Å². The first-order valence-electron chi connectivity index (χ1n) is 6.66.